The number of hydrogen-bond acceptors (Lipinski definition) is 7. The van der Waals surface area contributed by atoms with Crippen molar-refractivity contribution in [3.63, 3.8) is 0 Å². The number of aliphatic hydroxyl groups is 2. The third kappa shape index (κ3) is 6.01. The molecule has 10 nitrogen and oxygen atoms in total. The number of anilines is 1. The Kier molecular flexibility index (Phi) is 8.12. The highest BCUT2D eigenvalue weighted by Gasteiger charge is 2.24. The van der Waals surface area contributed by atoms with Gasteiger partial charge in [-0.2, -0.15) is 5.10 Å². The van der Waals surface area contributed by atoms with Gasteiger partial charge in [0, 0.05) is 38.5 Å². The molecule has 0 aliphatic carbocycles. The maximum atomic E-state index is 13.0. The zero-order valence-corrected chi connectivity index (χ0v) is 18.1. The summed E-state index contributed by atoms with van der Waals surface area (Å²) in [6, 6.07) is 9.06. The van der Waals surface area contributed by atoms with Crippen LogP contribution in [0.3, 0.4) is 0 Å². The van der Waals surface area contributed by atoms with E-state index in [2.05, 4.69) is 10.4 Å². The summed E-state index contributed by atoms with van der Waals surface area (Å²) < 4.78 is 13.6. The maximum absolute atomic E-state index is 13.0. The van der Waals surface area contributed by atoms with Crippen molar-refractivity contribution in [3.8, 4) is 17.4 Å². The molecule has 0 spiro atoms. The lowest BCUT2D eigenvalue weighted by Gasteiger charge is -2.18. The highest BCUT2D eigenvalue weighted by atomic mass is 35.5. The molecule has 0 saturated carbocycles. The quantitative estimate of drug-likeness (QED) is 0.342. The minimum absolute atomic E-state index is 0.0839. The van der Waals surface area contributed by atoms with Gasteiger partial charge in [0.1, 0.15) is 17.5 Å². The Morgan fingerprint density at radius 2 is 2.09 bits per heavy atom. The molecular weight excluding hydrogens is 440 g/mol. The van der Waals surface area contributed by atoms with Crippen LogP contribution in [-0.4, -0.2) is 62.0 Å². The van der Waals surface area contributed by atoms with Crippen molar-refractivity contribution in [1.29, 1.82) is 0 Å². The number of aliphatic hydroxyl groups excluding tert-OH is 2. The van der Waals surface area contributed by atoms with Gasteiger partial charge in [-0.15, -0.1) is 0 Å². The van der Waals surface area contributed by atoms with Crippen molar-refractivity contribution >= 4 is 23.3 Å². The number of nitrogens with one attached hydrogen (secondary N) is 1. The first-order chi connectivity index (χ1) is 15.4. The van der Waals surface area contributed by atoms with Gasteiger partial charge in [-0.05, 0) is 12.1 Å². The Labute approximate surface area is 189 Å². The molecule has 2 aromatic heterocycles. The molecular formula is C21H25ClN4O6. The van der Waals surface area contributed by atoms with E-state index in [1.165, 1.54) is 28.6 Å². The molecule has 0 aliphatic rings. The molecule has 2 heterocycles. The van der Waals surface area contributed by atoms with E-state index in [1.54, 1.807) is 36.5 Å². The minimum Gasteiger partial charge on any atom is -0.494 e. The second kappa shape index (κ2) is 11.0. The number of benzene rings is 1. The standard InChI is InChI=1S/C21H25ClN4O6/c1-31-9-7-17(21(30)23-19-6-8-25(24-19)11-14(28)13-27)26-12-15(10-20(26)29)32-18-5-3-2-4-16(18)22/h2-6,8,10,12,14,17,27-29H,7,9,11,13H2,1H3,(H,23,24,30)/t14-,17+/m1/s1. The lowest BCUT2D eigenvalue weighted by molar-refractivity contribution is -0.119. The summed E-state index contributed by atoms with van der Waals surface area (Å²) in [6.07, 6.45) is 2.40. The average molecular weight is 465 g/mol. The fourth-order valence-corrected chi connectivity index (χ4v) is 3.22. The lowest BCUT2D eigenvalue weighted by Crippen LogP contribution is -2.27. The van der Waals surface area contributed by atoms with Crippen LogP contribution in [0.15, 0.2) is 48.8 Å². The SMILES string of the molecule is COCC[C@@H](C(=O)Nc1ccn(C[C@@H](O)CO)n1)n1cc(Oc2ccccc2Cl)cc1O. The van der Waals surface area contributed by atoms with Gasteiger partial charge in [-0.1, -0.05) is 23.7 Å². The Morgan fingerprint density at radius 3 is 2.81 bits per heavy atom. The molecule has 3 aromatic rings. The molecule has 1 aromatic carbocycles. The van der Waals surface area contributed by atoms with Gasteiger partial charge in [0.25, 0.3) is 0 Å². The van der Waals surface area contributed by atoms with E-state index >= 15 is 0 Å². The van der Waals surface area contributed by atoms with Crippen molar-refractivity contribution < 1.29 is 29.6 Å². The van der Waals surface area contributed by atoms with Crippen molar-refractivity contribution in [2.24, 2.45) is 0 Å². The molecule has 2 atom stereocenters. The molecule has 11 heteroatoms. The van der Waals surface area contributed by atoms with E-state index in [0.717, 1.165) is 0 Å². The third-order valence-electron chi connectivity index (χ3n) is 4.60. The van der Waals surface area contributed by atoms with Crippen LogP contribution in [0.5, 0.6) is 17.4 Å². The fourth-order valence-electron chi connectivity index (χ4n) is 3.04. The third-order valence-corrected chi connectivity index (χ3v) is 4.91. The molecule has 0 bridgehead atoms. The number of carbonyl (C=O) groups excluding carboxylic acids is 1. The first-order valence-corrected chi connectivity index (χ1v) is 10.2. The zero-order valence-electron chi connectivity index (χ0n) is 17.4. The number of amides is 1. The number of para-hydroxylation sites is 1. The number of aromatic nitrogens is 3. The number of carbonyl (C=O) groups is 1. The largest absolute Gasteiger partial charge is 0.494 e. The number of nitrogens with zero attached hydrogens (tertiary/aromatic N) is 3. The summed E-state index contributed by atoms with van der Waals surface area (Å²) in [7, 11) is 1.52. The van der Waals surface area contributed by atoms with E-state index in [4.69, 9.17) is 26.2 Å². The summed E-state index contributed by atoms with van der Waals surface area (Å²) in [5.74, 6) is 0.403. The van der Waals surface area contributed by atoms with Crippen LogP contribution in [0.1, 0.15) is 12.5 Å². The van der Waals surface area contributed by atoms with E-state index in [-0.39, 0.29) is 31.3 Å². The molecule has 3 rings (SSSR count). The average Bonchev–Trinajstić information content (AvgIpc) is 3.36. The molecule has 0 saturated heterocycles. The van der Waals surface area contributed by atoms with Gasteiger partial charge in [0.2, 0.25) is 5.91 Å². The Morgan fingerprint density at radius 1 is 1.31 bits per heavy atom. The molecule has 1 amide bonds. The minimum atomic E-state index is -0.957. The van der Waals surface area contributed by atoms with Crippen molar-refractivity contribution in [3.05, 3.63) is 53.8 Å². The van der Waals surface area contributed by atoms with Crippen molar-refractivity contribution in [2.75, 3.05) is 25.6 Å². The molecule has 0 unspecified atom stereocenters. The number of rotatable bonds is 11. The second-order valence-corrected chi connectivity index (χ2v) is 7.43. The monoisotopic (exact) mass is 464 g/mol. The topological polar surface area (TPSA) is 131 Å². The van der Waals surface area contributed by atoms with E-state index in [0.29, 0.717) is 16.5 Å². The van der Waals surface area contributed by atoms with Crippen LogP contribution < -0.4 is 10.1 Å². The summed E-state index contributed by atoms with van der Waals surface area (Å²) in [6.45, 7) is -0.0414. The predicted molar refractivity (Wildman–Crippen MR) is 117 cm³/mol. The van der Waals surface area contributed by atoms with Crippen LogP contribution in [0, 0.1) is 0 Å². The van der Waals surface area contributed by atoms with Gasteiger partial charge in [0.15, 0.2) is 11.7 Å². The maximum Gasteiger partial charge on any atom is 0.248 e. The second-order valence-electron chi connectivity index (χ2n) is 7.02. The Balaban J connectivity index is 1.76. The number of hydrogen-bond donors (Lipinski definition) is 4. The van der Waals surface area contributed by atoms with E-state index in [9.17, 15) is 15.0 Å². The van der Waals surface area contributed by atoms with Crippen molar-refractivity contribution in [2.45, 2.75) is 25.1 Å². The molecule has 32 heavy (non-hydrogen) atoms. The van der Waals surface area contributed by atoms with Crippen LogP contribution >= 0.6 is 11.6 Å². The van der Waals surface area contributed by atoms with Crippen LogP contribution in [-0.2, 0) is 16.1 Å². The number of ether oxygens (including phenoxy) is 2. The normalized spacial score (nSPS) is 13.0. The van der Waals surface area contributed by atoms with E-state index in [1.807, 2.05) is 0 Å². The van der Waals surface area contributed by atoms with Crippen LogP contribution in [0.2, 0.25) is 5.02 Å². The molecule has 0 aliphatic heterocycles. The van der Waals surface area contributed by atoms with Crippen LogP contribution in [0.25, 0.3) is 0 Å². The number of aromatic hydroxyl groups is 1. The van der Waals surface area contributed by atoms with Gasteiger partial charge in [-0.3, -0.25) is 9.48 Å². The highest BCUT2D eigenvalue weighted by molar-refractivity contribution is 6.32. The van der Waals surface area contributed by atoms with Gasteiger partial charge in [0.05, 0.1) is 30.5 Å². The molecule has 0 fully saturated rings. The van der Waals surface area contributed by atoms with E-state index < -0.39 is 24.7 Å². The summed E-state index contributed by atoms with van der Waals surface area (Å²) in [5.41, 5.74) is 0. The van der Waals surface area contributed by atoms with Gasteiger partial charge in [-0.25, -0.2) is 0 Å². The zero-order chi connectivity index (χ0) is 23.1. The first-order valence-electron chi connectivity index (χ1n) is 9.86. The highest BCUT2D eigenvalue weighted by Crippen LogP contribution is 2.34. The summed E-state index contributed by atoms with van der Waals surface area (Å²) in [5, 5.41) is 36.2. The van der Waals surface area contributed by atoms with Crippen molar-refractivity contribution in [1.82, 2.24) is 14.3 Å². The van der Waals surface area contributed by atoms with Gasteiger partial charge < -0.3 is 34.7 Å². The van der Waals surface area contributed by atoms with Gasteiger partial charge >= 0.3 is 0 Å². The summed E-state index contributed by atoms with van der Waals surface area (Å²) >= 11 is 6.12. The summed E-state index contributed by atoms with van der Waals surface area (Å²) in [4.78, 5) is 13.0. The lowest BCUT2D eigenvalue weighted by atomic mass is 10.2. The Bertz CT molecular complexity index is 1040. The molecule has 172 valence electrons. The fraction of sp³-hybridized carbons (Fsp3) is 0.333. The van der Waals surface area contributed by atoms with Crippen LogP contribution in [0.4, 0.5) is 5.82 Å². The smallest absolute Gasteiger partial charge is 0.248 e. The first kappa shape index (κ1) is 23.6. The molecule has 0 radical (unpaired) electrons. The number of halogens is 1. The predicted octanol–water partition coefficient (Wildman–Crippen LogP) is 2.41. The molecule has 4 N–H and O–H groups in total. The number of methoxy groups -OCH3 is 1. The Hall–Kier alpha value is -3.05.